The summed E-state index contributed by atoms with van der Waals surface area (Å²) in [5, 5.41) is 3.85. The van der Waals surface area contributed by atoms with Crippen LogP contribution < -0.4 is 9.62 Å². The largest absolute Gasteiger partial charge is 0.352 e. The van der Waals surface area contributed by atoms with Gasteiger partial charge >= 0.3 is 0 Å². The number of Topliss-reactive ketones (excluding diaryl/α,β-unsaturated/α-hetero) is 1. The second kappa shape index (κ2) is 14.4. The van der Waals surface area contributed by atoms with Crippen LogP contribution in [-0.4, -0.2) is 55.8 Å². The minimum Gasteiger partial charge on any atom is -0.352 e. The van der Waals surface area contributed by atoms with Crippen molar-refractivity contribution in [3.8, 4) is 0 Å². The molecular weight excluding hydrogens is 609 g/mol. The Morgan fingerprint density at radius 1 is 0.953 bits per heavy atom. The first kappa shape index (κ1) is 32.5. The van der Waals surface area contributed by atoms with Crippen LogP contribution in [0.1, 0.15) is 54.1 Å². The summed E-state index contributed by atoms with van der Waals surface area (Å²) in [7, 11) is -3.97. The molecule has 1 aliphatic carbocycles. The minimum absolute atomic E-state index is 0.00341. The molecule has 0 bridgehead atoms. The van der Waals surface area contributed by atoms with Gasteiger partial charge in [0.25, 0.3) is 0 Å². The monoisotopic (exact) mass is 643 g/mol. The highest BCUT2D eigenvalue weighted by Gasteiger charge is 2.34. The Kier molecular flexibility index (Phi) is 10.9. The third-order valence-electron chi connectivity index (χ3n) is 7.55. The van der Waals surface area contributed by atoms with Crippen molar-refractivity contribution in [1.82, 2.24) is 10.2 Å². The van der Waals surface area contributed by atoms with E-state index in [4.69, 9.17) is 23.2 Å². The summed E-state index contributed by atoms with van der Waals surface area (Å²) in [6.07, 6.45) is 4.94. The first-order chi connectivity index (χ1) is 20.4. The van der Waals surface area contributed by atoms with Crippen LogP contribution in [0.2, 0.25) is 10.0 Å². The zero-order chi connectivity index (χ0) is 31.1. The van der Waals surface area contributed by atoms with E-state index in [0.717, 1.165) is 41.8 Å². The number of amides is 2. The summed E-state index contributed by atoms with van der Waals surface area (Å²) < 4.78 is 27.0. The van der Waals surface area contributed by atoms with Gasteiger partial charge in [0.2, 0.25) is 21.8 Å². The van der Waals surface area contributed by atoms with E-state index in [-0.39, 0.29) is 36.4 Å². The fraction of sp³-hybridized carbons (Fsp3) is 0.344. The van der Waals surface area contributed by atoms with Crippen molar-refractivity contribution in [2.75, 3.05) is 17.1 Å². The number of sulfonamides is 1. The van der Waals surface area contributed by atoms with E-state index in [1.807, 2.05) is 30.3 Å². The lowest BCUT2D eigenvalue weighted by Crippen LogP contribution is -2.54. The zero-order valence-electron chi connectivity index (χ0n) is 24.1. The molecule has 0 radical (unpaired) electrons. The van der Waals surface area contributed by atoms with E-state index >= 15 is 0 Å². The molecule has 1 N–H and O–H groups in total. The highest BCUT2D eigenvalue weighted by molar-refractivity contribution is 7.92. The van der Waals surface area contributed by atoms with Crippen LogP contribution in [0.3, 0.4) is 0 Å². The average molecular weight is 645 g/mol. The number of hydrogen-bond donors (Lipinski definition) is 1. The number of nitrogens with one attached hydrogen (secondary N) is 1. The summed E-state index contributed by atoms with van der Waals surface area (Å²) in [4.78, 5) is 41.6. The Labute approximate surface area is 263 Å². The SMILES string of the molecule is CC(=O)c1cccc(N(CC(=O)N(Cc2ccc(Cl)cc2Cl)C(Cc2ccccc2)C(=O)NC2CCCC2)S(C)(=O)=O)c1. The van der Waals surface area contributed by atoms with Crippen LogP contribution in [0.4, 0.5) is 5.69 Å². The van der Waals surface area contributed by atoms with Crippen molar-refractivity contribution in [2.24, 2.45) is 0 Å². The minimum atomic E-state index is -3.97. The number of carbonyl (C=O) groups is 3. The molecule has 0 spiro atoms. The zero-order valence-corrected chi connectivity index (χ0v) is 26.5. The highest BCUT2D eigenvalue weighted by Crippen LogP contribution is 2.26. The molecular formula is C32H35Cl2N3O5S. The normalized spacial score (nSPS) is 14.2. The summed E-state index contributed by atoms with van der Waals surface area (Å²) in [5.41, 5.74) is 1.86. The molecule has 228 valence electrons. The first-order valence-corrected chi connectivity index (χ1v) is 16.7. The molecule has 1 unspecified atom stereocenters. The van der Waals surface area contributed by atoms with Gasteiger partial charge in [0, 0.05) is 34.6 Å². The van der Waals surface area contributed by atoms with Crippen molar-refractivity contribution in [2.45, 2.75) is 57.7 Å². The predicted molar refractivity (Wildman–Crippen MR) is 170 cm³/mol. The van der Waals surface area contributed by atoms with Gasteiger partial charge in [-0.25, -0.2) is 8.42 Å². The van der Waals surface area contributed by atoms with Gasteiger partial charge in [-0.1, -0.05) is 84.6 Å². The molecule has 0 heterocycles. The van der Waals surface area contributed by atoms with Crippen LogP contribution in [0.5, 0.6) is 0 Å². The molecule has 43 heavy (non-hydrogen) atoms. The van der Waals surface area contributed by atoms with Gasteiger partial charge in [-0.2, -0.15) is 0 Å². The second-order valence-electron chi connectivity index (χ2n) is 10.8. The number of nitrogens with zero attached hydrogens (tertiary/aromatic N) is 2. The molecule has 1 aliphatic rings. The average Bonchev–Trinajstić information content (AvgIpc) is 3.47. The first-order valence-electron chi connectivity index (χ1n) is 14.1. The van der Waals surface area contributed by atoms with Crippen LogP contribution >= 0.6 is 23.2 Å². The van der Waals surface area contributed by atoms with Crippen molar-refractivity contribution >= 4 is 56.5 Å². The standard InChI is InChI=1S/C32H35Cl2N3O5S/c1-22(38)24-11-8-14-28(18-24)37(43(2,41)42)21-31(39)36(20-25-15-16-26(33)19-29(25)34)30(17-23-9-4-3-5-10-23)32(40)35-27-12-6-7-13-27/h3-5,8-11,14-16,18-19,27,30H,6-7,12-13,17,20-21H2,1-2H3,(H,35,40). The van der Waals surface area contributed by atoms with Gasteiger partial charge in [-0.3, -0.25) is 18.7 Å². The number of anilines is 1. The van der Waals surface area contributed by atoms with E-state index in [1.165, 1.54) is 24.0 Å². The molecule has 0 saturated heterocycles. The van der Waals surface area contributed by atoms with Gasteiger partial charge in [-0.05, 0) is 55.2 Å². The van der Waals surface area contributed by atoms with Crippen LogP contribution in [0, 0.1) is 0 Å². The number of carbonyl (C=O) groups excluding carboxylic acids is 3. The molecule has 2 amide bonds. The summed E-state index contributed by atoms with van der Waals surface area (Å²) in [6.45, 7) is 0.729. The van der Waals surface area contributed by atoms with E-state index in [2.05, 4.69) is 5.32 Å². The maximum absolute atomic E-state index is 14.3. The lowest BCUT2D eigenvalue weighted by atomic mass is 10.0. The Bertz CT molecular complexity index is 1580. The Morgan fingerprint density at radius 2 is 1.65 bits per heavy atom. The van der Waals surface area contributed by atoms with Crippen molar-refractivity contribution < 1.29 is 22.8 Å². The molecule has 1 saturated carbocycles. The van der Waals surface area contributed by atoms with Gasteiger partial charge < -0.3 is 10.2 Å². The Hall–Kier alpha value is -3.40. The van der Waals surface area contributed by atoms with Crippen molar-refractivity contribution in [3.05, 3.63) is 99.5 Å². The molecule has 11 heteroatoms. The lowest BCUT2D eigenvalue weighted by molar-refractivity contribution is -0.140. The summed E-state index contributed by atoms with van der Waals surface area (Å²) >= 11 is 12.6. The maximum Gasteiger partial charge on any atom is 0.244 e. The Balaban J connectivity index is 1.76. The molecule has 3 aromatic rings. The highest BCUT2D eigenvalue weighted by atomic mass is 35.5. The van der Waals surface area contributed by atoms with E-state index in [9.17, 15) is 22.8 Å². The van der Waals surface area contributed by atoms with E-state index in [0.29, 0.717) is 21.2 Å². The molecule has 1 atom stereocenters. The maximum atomic E-state index is 14.3. The number of benzene rings is 3. The Morgan fingerprint density at radius 3 is 2.28 bits per heavy atom. The van der Waals surface area contributed by atoms with E-state index < -0.39 is 28.5 Å². The fourth-order valence-electron chi connectivity index (χ4n) is 5.25. The molecule has 0 aliphatic heterocycles. The molecule has 1 fully saturated rings. The van der Waals surface area contributed by atoms with Crippen LogP contribution in [-0.2, 0) is 32.6 Å². The van der Waals surface area contributed by atoms with Gasteiger partial charge in [0.1, 0.15) is 12.6 Å². The molecule has 3 aromatic carbocycles. The fourth-order valence-corrected chi connectivity index (χ4v) is 6.56. The van der Waals surface area contributed by atoms with Crippen molar-refractivity contribution in [3.63, 3.8) is 0 Å². The topological polar surface area (TPSA) is 104 Å². The quantitative estimate of drug-likeness (QED) is 0.257. The number of rotatable bonds is 12. The number of ketones is 1. The summed E-state index contributed by atoms with van der Waals surface area (Å²) in [6, 6.07) is 19.4. The van der Waals surface area contributed by atoms with Gasteiger partial charge in [0.05, 0.1) is 11.9 Å². The second-order valence-corrected chi connectivity index (χ2v) is 13.6. The van der Waals surface area contributed by atoms with Gasteiger partial charge in [-0.15, -0.1) is 0 Å². The molecule has 4 rings (SSSR count). The summed E-state index contributed by atoms with van der Waals surface area (Å²) in [5.74, 6) is -1.17. The smallest absolute Gasteiger partial charge is 0.244 e. The number of hydrogen-bond acceptors (Lipinski definition) is 5. The third-order valence-corrected chi connectivity index (χ3v) is 9.28. The van der Waals surface area contributed by atoms with Crippen LogP contribution in [0.15, 0.2) is 72.8 Å². The molecule has 0 aromatic heterocycles. The van der Waals surface area contributed by atoms with Crippen molar-refractivity contribution in [1.29, 1.82) is 0 Å². The predicted octanol–water partition coefficient (Wildman–Crippen LogP) is 5.66. The van der Waals surface area contributed by atoms with Gasteiger partial charge in [0.15, 0.2) is 5.78 Å². The van der Waals surface area contributed by atoms with E-state index in [1.54, 1.807) is 30.3 Å². The molecule has 8 nitrogen and oxygen atoms in total. The van der Waals surface area contributed by atoms with Crippen LogP contribution in [0.25, 0.3) is 0 Å². The lowest BCUT2D eigenvalue weighted by Gasteiger charge is -2.34. The third kappa shape index (κ3) is 8.81. The number of halogens is 2.